The minimum absolute atomic E-state index is 0.121. The molecule has 0 bridgehead atoms. The fraction of sp³-hybridized carbons (Fsp3) is 0. The third-order valence-electron chi connectivity index (χ3n) is 1.08. The van der Waals surface area contributed by atoms with E-state index in [9.17, 15) is 0 Å². The summed E-state index contributed by atoms with van der Waals surface area (Å²) in [7, 11) is 0. The molecule has 0 radical (unpaired) electrons. The molecule has 13 heavy (non-hydrogen) atoms. The third-order valence-corrected chi connectivity index (χ3v) is 1.08. The molecule has 6 heteroatoms. The average Bonchev–Trinajstić information content (AvgIpc) is 2.05. The molecule has 0 unspecified atom stereocenters. The minimum Gasteiger partial charge on any atom is -0.384 e. The third kappa shape index (κ3) is 6.29. The summed E-state index contributed by atoms with van der Waals surface area (Å²) in [6.45, 7) is 0. The highest BCUT2D eigenvalue weighted by molar-refractivity contribution is 5.94. The van der Waals surface area contributed by atoms with Gasteiger partial charge in [-0.3, -0.25) is 5.41 Å². The lowest BCUT2D eigenvalue weighted by Gasteiger charge is -1.93. The SMILES string of the molecule is N=C(N)c1ccccc1.O=[N+]([O-])O. The second-order valence-electron chi connectivity index (χ2n) is 2.02. The zero-order chi connectivity index (χ0) is 10.3. The van der Waals surface area contributed by atoms with E-state index in [-0.39, 0.29) is 5.84 Å². The topological polar surface area (TPSA) is 113 Å². The smallest absolute Gasteiger partial charge is 0.291 e. The first-order valence-electron chi connectivity index (χ1n) is 3.26. The molecular formula is C7H9N3O3. The molecule has 1 aromatic rings. The molecule has 0 spiro atoms. The quantitative estimate of drug-likeness (QED) is 0.256. The molecule has 0 heterocycles. The van der Waals surface area contributed by atoms with Gasteiger partial charge in [-0.1, -0.05) is 30.3 Å². The lowest BCUT2D eigenvalue weighted by Crippen LogP contribution is -2.10. The molecule has 0 aliphatic heterocycles. The van der Waals surface area contributed by atoms with E-state index in [4.69, 9.17) is 26.5 Å². The summed E-state index contributed by atoms with van der Waals surface area (Å²) in [6.07, 6.45) is 0. The van der Waals surface area contributed by atoms with Crippen molar-refractivity contribution in [3.63, 3.8) is 0 Å². The summed E-state index contributed by atoms with van der Waals surface area (Å²) in [5.74, 6) is 0.121. The minimum atomic E-state index is -1.50. The van der Waals surface area contributed by atoms with Crippen molar-refractivity contribution in [1.82, 2.24) is 0 Å². The largest absolute Gasteiger partial charge is 0.384 e. The Balaban J connectivity index is 0.000000310. The van der Waals surface area contributed by atoms with Gasteiger partial charge in [-0.15, -0.1) is 10.1 Å². The number of amidine groups is 1. The molecule has 70 valence electrons. The van der Waals surface area contributed by atoms with Gasteiger partial charge in [0.05, 0.1) is 0 Å². The lowest BCUT2D eigenvalue weighted by atomic mass is 10.2. The zero-order valence-corrected chi connectivity index (χ0v) is 6.68. The molecular weight excluding hydrogens is 174 g/mol. The van der Waals surface area contributed by atoms with Crippen LogP contribution in [0, 0.1) is 15.5 Å². The highest BCUT2D eigenvalue weighted by Gasteiger charge is 1.89. The van der Waals surface area contributed by atoms with Crippen LogP contribution >= 0.6 is 0 Å². The van der Waals surface area contributed by atoms with Gasteiger partial charge >= 0.3 is 0 Å². The monoisotopic (exact) mass is 183 g/mol. The molecule has 4 N–H and O–H groups in total. The Bertz CT molecular complexity index is 282. The maximum atomic E-state index is 8.36. The van der Waals surface area contributed by atoms with Crippen LogP contribution < -0.4 is 5.73 Å². The van der Waals surface area contributed by atoms with Gasteiger partial charge in [0.2, 0.25) is 0 Å². The van der Waals surface area contributed by atoms with E-state index in [0.29, 0.717) is 0 Å². The standard InChI is InChI=1S/C7H8N2.HNO3/c8-7(9)6-4-2-1-3-5-6;2-1(3)4/h1-5H,(H3,8,9);(H,2,3,4). The average molecular weight is 183 g/mol. The second kappa shape index (κ2) is 5.53. The molecule has 0 aliphatic rings. The Hall–Kier alpha value is -2.11. The molecule has 0 amide bonds. The van der Waals surface area contributed by atoms with Gasteiger partial charge in [-0.25, -0.2) is 0 Å². The van der Waals surface area contributed by atoms with Gasteiger partial charge in [-0.2, -0.15) is 0 Å². The normalized spacial score (nSPS) is 8.00. The number of nitrogens with zero attached hydrogens (tertiary/aromatic N) is 1. The van der Waals surface area contributed by atoms with Crippen LogP contribution in [0.3, 0.4) is 0 Å². The summed E-state index contributed by atoms with van der Waals surface area (Å²) >= 11 is 0. The number of benzene rings is 1. The zero-order valence-electron chi connectivity index (χ0n) is 6.68. The molecule has 0 atom stereocenters. The van der Waals surface area contributed by atoms with Crippen LogP contribution in [0.2, 0.25) is 0 Å². The number of hydrogen-bond acceptors (Lipinski definition) is 3. The van der Waals surface area contributed by atoms with Crippen LogP contribution in [0.4, 0.5) is 0 Å². The summed E-state index contributed by atoms with van der Waals surface area (Å²) in [5.41, 5.74) is 5.97. The molecule has 0 saturated heterocycles. The number of nitrogen functional groups attached to an aromatic ring is 1. The van der Waals surface area contributed by atoms with E-state index >= 15 is 0 Å². The van der Waals surface area contributed by atoms with Crippen LogP contribution in [0.1, 0.15) is 5.56 Å². The highest BCUT2D eigenvalue weighted by Crippen LogP contribution is 1.94. The summed E-state index contributed by atoms with van der Waals surface area (Å²) in [5, 5.41) is 20.7. The van der Waals surface area contributed by atoms with E-state index in [0.717, 1.165) is 5.56 Å². The van der Waals surface area contributed by atoms with Crippen LogP contribution in [0.5, 0.6) is 0 Å². The van der Waals surface area contributed by atoms with Crippen molar-refractivity contribution >= 4 is 5.84 Å². The van der Waals surface area contributed by atoms with Crippen molar-refractivity contribution in [3.8, 4) is 0 Å². The Labute approximate surface area is 74.2 Å². The van der Waals surface area contributed by atoms with Crippen molar-refractivity contribution in [2.75, 3.05) is 0 Å². The van der Waals surface area contributed by atoms with Crippen molar-refractivity contribution in [3.05, 3.63) is 46.0 Å². The molecule has 6 nitrogen and oxygen atoms in total. The van der Waals surface area contributed by atoms with Gasteiger partial charge in [0.15, 0.2) is 0 Å². The van der Waals surface area contributed by atoms with Crippen LogP contribution in [-0.4, -0.2) is 16.1 Å². The lowest BCUT2D eigenvalue weighted by molar-refractivity contribution is -0.742. The van der Waals surface area contributed by atoms with Gasteiger partial charge in [-0.05, 0) is 0 Å². The van der Waals surface area contributed by atoms with Crippen molar-refractivity contribution in [2.45, 2.75) is 0 Å². The summed E-state index contributed by atoms with van der Waals surface area (Å²) < 4.78 is 0. The Morgan fingerprint density at radius 1 is 1.46 bits per heavy atom. The summed E-state index contributed by atoms with van der Waals surface area (Å²) in [6, 6.07) is 9.23. The Morgan fingerprint density at radius 3 is 2.08 bits per heavy atom. The number of nitrogens with two attached hydrogens (primary N) is 1. The summed E-state index contributed by atoms with van der Waals surface area (Å²) in [4.78, 5) is 8.36. The van der Waals surface area contributed by atoms with Crippen molar-refractivity contribution < 1.29 is 10.3 Å². The first-order chi connectivity index (χ1) is 6.04. The first kappa shape index (κ1) is 10.9. The predicted octanol–water partition coefficient (Wildman–Crippen LogP) is 0.623. The van der Waals surface area contributed by atoms with Crippen molar-refractivity contribution in [1.29, 1.82) is 5.41 Å². The van der Waals surface area contributed by atoms with Crippen LogP contribution in [-0.2, 0) is 0 Å². The van der Waals surface area contributed by atoms with Gasteiger partial charge in [0, 0.05) is 5.56 Å². The van der Waals surface area contributed by atoms with Crippen molar-refractivity contribution in [2.24, 2.45) is 5.73 Å². The molecule has 1 aromatic carbocycles. The highest BCUT2D eigenvalue weighted by atomic mass is 16.9. The van der Waals surface area contributed by atoms with E-state index in [1.165, 1.54) is 0 Å². The van der Waals surface area contributed by atoms with E-state index in [2.05, 4.69) is 0 Å². The second-order valence-corrected chi connectivity index (χ2v) is 2.02. The number of nitrogens with one attached hydrogen (secondary N) is 1. The van der Waals surface area contributed by atoms with E-state index < -0.39 is 5.09 Å². The van der Waals surface area contributed by atoms with Crippen LogP contribution in [0.15, 0.2) is 30.3 Å². The Morgan fingerprint density at radius 2 is 1.85 bits per heavy atom. The van der Waals surface area contributed by atoms with Gasteiger partial charge < -0.3 is 10.9 Å². The first-order valence-corrected chi connectivity index (χ1v) is 3.26. The fourth-order valence-electron chi connectivity index (χ4n) is 0.618. The molecule has 1 rings (SSSR count). The van der Waals surface area contributed by atoms with Gasteiger partial charge in [0.25, 0.3) is 5.09 Å². The maximum Gasteiger partial charge on any atom is 0.291 e. The predicted molar refractivity (Wildman–Crippen MR) is 46.2 cm³/mol. The number of hydrogen-bond donors (Lipinski definition) is 3. The van der Waals surface area contributed by atoms with Gasteiger partial charge in [0.1, 0.15) is 5.84 Å². The Kier molecular flexibility index (Phi) is 4.63. The van der Waals surface area contributed by atoms with Crippen LogP contribution in [0.25, 0.3) is 0 Å². The molecule has 0 saturated carbocycles. The molecule has 0 aromatic heterocycles. The molecule has 0 fully saturated rings. The molecule has 0 aliphatic carbocycles. The van der Waals surface area contributed by atoms with E-state index in [1.54, 1.807) is 0 Å². The van der Waals surface area contributed by atoms with E-state index in [1.807, 2.05) is 30.3 Å². The number of rotatable bonds is 1. The fourth-order valence-corrected chi connectivity index (χ4v) is 0.618. The maximum absolute atomic E-state index is 8.36.